The predicted octanol–water partition coefficient (Wildman–Crippen LogP) is 5.65. The maximum Gasteiger partial charge on any atom is 0.416 e. The number of alkyl halides is 6. The zero-order valence-electron chi connectivity index (χ0n) is 16.9. The third kappa shape index (κ3) is 4.76. The first-order valence-corrected chi connectivity index (χ1v) is 9.66. The molecule has 1 aliphatic rings. The Morgan fingerprint density at radius 2 is 1.53 bits per heavy atom. The van der Waals surface area contributed by atoms with Gasteiger partial charge in [-0.1, -0.05) is 0 Å². The summed E-state index contributed by atoms with van der Waals surface area (Å²) in [5, 5.41) is 2.54. The third-order valence-corrected chi connectivity index (χ3v) is 5.09. The number of ether oxygens (including phenoxy) is 1. The quantitative estimate of drug-likeness (QED) is 0.582. The number of rotatable bonds is 5. The average molecular weight is 464 g/mol. The van der Waals surface area contributed by atoms with Gasteiger partial charge in [0.05, 0.1) is 11.1 Å². The molecule has 0 saturated heterocycles. The van der Waals surface area contributed by atoms with Crippen LogP contribution < -0.4 is 10.1 Å². The average Bonchev–Trinajstić information content (AvgIpc) is 3.05. The van der Waals surface area contributed by atoms with Gasteiger partial charge in [-0.2, -0.15) is 26.3 Å². The molecule has 0 unspecified atom stereocenters. The van der Waals surface area contributed by atoms with E-state index in [0.717, 1.165) is 12.1 Å². The third-order valence-electron chi connectivity index (χ3n) is 5.09. The molecule has 1 heterocycles. The highest BCUT2D eigenvalue weighted by Gasteiger charge is 2.42. The summed E-state index contributed by atoms with van der Waals surface area (Å²) in [6.45, 7) is 4.00. The Kier molecular flexibility index (Phi) is 6.30. The van der Waals surface area contributed by atoms with Crippen molar-refractivity contribution in [3.63, 3.8) is 0 Å². The minimum absolute atomic E-state index is 0.00246. The highest BCUT2D eigenvalue weighted by molar-refractivity contribution is 5.84. The second-order valence-electron chi connectivity index (χ2n) is 7.15. The van der Waals surface area contributed by atoms with E-state index < -0.39 is 53.0 Å². The molecular formula is C21H19F7N2O2. The number of nitrogens with one attached hydrogen (secondary N) is 1. The molecule has 11 heteroatoms. The number of carbonyl (C=O) groups excluding carboxylic acids is 1. The maximum atomic E-state index is 13.9. The Labute approximate surface area is 179 Å². The van der Waals surface area contributed by atoms with Crippen molar-refractivity contribution in [2.24, 2.45) is 0 Å². The minimum Gasteiger partial charge on any atom is -0.478 e. The van der Waals surface area contributed by atoms with Gasteiger partial charge in [0, 0.05) is 24.3 Å². The Morgan fingerprint density at radius 1 is 0.969 bits per heavy atom. The molecule has 0 fully saturated rings. The normalized spacial score (nSPS) is 18.2. The van der Waals surface area contributed by atoms with Crippen LogP contribution in [0.3, 0.4) is 0 Å². The van der Waals surface area contributed by atoms with E-state index in [1.807, 2.05) is 0 Å². The van der Waals surface area contributed by atoms with Gasteiger partial charge in [-0.3, -0.25) is 4.79 Å². The molecule has 2 atom stereocenters. The smallest absolute Gasteiger partial charge is 0.416 e. The van der Waals surface area contributed by atoms with E-state index in [1.165, 1.54) is 11.0 Å². The number of hydrogen-bond acceptors (Lipinski definition) is 3. The van der Waals surface area contributed by atoms with Crippen LogP contribution in [0.2, 0.25) is 0 Å². The zero-order chi connectivity index (χ0) is 23.8. The molecule has 1 aliphatic heterocycles. The predicted molar refractivity (Wildman–Crippen MR) is 102 cm³/mol. The van der Waals surface area contributed by atoms with Crippen molar-refractivity contribution in [2.45, 2.75) is 38.3 Å². The van der Waals surface area contributed by atoms with Crippen LogP contribution in [0.15, 0.2) is 36.4 Å². The standard InChI is InChI=1S/C21H19F7N2O2/c1-3-30(4-2)19(31)18-17(15-10-13(22)5-6-16(15)32-18)29-14-8-11(20(23,24)25)7-12(9-14)21(26,27)28/h5-10,17-18,29H,3-4H2,1-2H3/t17-,18-/m1/s1. The molecule has 2 aromatic carbocycles. The van der Waals surface area contributed by atoms with E-state index in [4.69, 9.17) is 4.74 Å². The molecule has 1 amide bonds. The van der Waals surface area contributed by atoms with E-state index in [-0.39, 0.29) is 17.4 Å². The van der Waals surface area contributed by atoms with E-state index >= 15 is 0 Å². The van der Waals surface area contributed by atoms with Crippen LogP contribution in [0.5, 0.6) is 5.75 Å². The summed E-state index contributed by atoms with van der Waals surface area (Å²) in [6, 6.07) is 3.16. The number of anilines is 1. The maximum absolute atomic E-state index is 13.9. The summed E-state index contributed by atoms with van der Waals surface area (Å²) in [6.07, 6.45) is -11.4. The number of hydrogen-bond donors (Lipinski definition) is 1. The monoisotopic (exact) mass is 464 g/mol. The van der Waals surface area contributed by atoms with Crippen molar-refractivity contribution in [2.75, 3.05) is 18.4 Å². The van der Waals surface area contributed by atoms with Gasteiger partial charge in [0.15, 0.2) is 0 Å². The van der Waals surface area contributed by atoms with Crippen LogP contribution in [0.4, 0.5) is 36.4 Å². The topological polar surface area (TPSA) is 41.6 Å². The summed E-state index contributed by atoms with van der Waals surface area (Å²) < 4.78 is 98.8. The molecular weight excluding hydrogens is 445 g/mol. The number of halogens is 7. The van der Waals surface area contributed by atoms with Crippen molar-refractivity contribution in [1.82, 2.24) is 4.90 Å². The first-order valence-electron chi connectivity index (χ1n) is 9.66. The minimum atomic E-state index is -5.04. The first-order chi connectivity index (χ1) is 14.8. The number of nitrogens with zero attached hydrogens (tertiary/aromatic N) is 1. The highest BCUT2D eigenvalue weighted by Crippen LogP contribution is 2.42. The Hall–Kier alpha value is -2.98. The lowest BCUT2D eigenvalue weighted by Crippen LogP contribution is -2.44. The van der Waals surface area contributed by atoms with Gasteiger partial charge in [-0.05, 0) is 50.2 Å². The fourth-order valence-corrected chi connectivity index (χ4v) is 3.52. The summed E-state index contributed by atoms with van der Waals surface area (Å²) >= 11 is 0. The number of likely N-dealkylation sites (N-methyl/N-ethyl adjacent to an activating group) is 1. The molecule has 0 bridgehead atoms. The van der Waals surface area contributed by atoms with E-state index in [0.29, 0.717) is 25.2 Å². The van der Waals surface area contributed by atoms with Crippen molar-refractivity contribution in [1.29, 1.82) is 0 Å². The number of amides is 1. The van der Waals surface area contributed by atoms with Gasteiger partial charge in [0.1, 0.15) is 17.6 Å². The van der Waals surface area contributed by atoms with Crippen LogP contribution in [0.1, 0.15) is 36.6 Å². The van der Waals surface area contributed by atoms with Crippen LogP contribution in [-0.2, 0) is 17.1 Å². The van der Waals surface area contributed by atoms with E-state index in [9.17, 15) is 35.5 Å². The van der Waals surface area contributed by atoms with Crippen molar-refractivity contribution in [3.8, 4) is 5.75 Å². The fraction of sp³-hybridized carbons (Fsp3) is 0.381. The number of benzene rings is 2. The zero-order valence-corrected chi connectivity index (χ0v) is 16.9. The Morgan fingerprint density at radius 3 is 2.03 bits per heavy atom. The van der Waals surface area contributed by atoms with Crippen molar-refractivity contribution in [3.05, 3.63) is 58.9 Å². The molecule has 32 heavy (non-hydrogen) atoms. The lowest BCUT2D eigenvalue weighted by molar-refractivity contribution is -0.143. The second-order valence-corrected chi connectivity index (χ2v) is 7.15. The Balaban J connectivity index is 2.07. The van der Waals surface area contributed by atoms with Gasteiger partial charge in [0.25, 0.3) is 5.91 Å². The number of fused-ring (bicyclic) bond motifs is 1. The molecule has 0 spiro atoms. The summed E-state index contributed by atoms with van der Waals surface area (Å²) in [5.41, 5.74) is -3.45. The lowest BCUT2D eigenvalue weighted by atomic mass is 10.0. The first kappa shape index (κ1) is 23.7. The van der Waals surface area contributed by atoms with Crippen LogP contribution in [0, 0.1) is 5.82 Å². The molecule has 3 rings (SSSR count). The molecule has 174 valence electrons. The summed E-state index contributed by atoms with van der Waals surface area (Å²) in [4.78, 5) is 14.3. The second kappa shape index (κ2) is 8.51. The van der Waals surface area contributed by atoms with Crippen LogP contribution in [-0.4, -0.2) is 30.0 Å². The lowest BCUT2D eigenvalue weighted by Gasteiger charge is -2.27. The molecule has 0 aliphatic carbocycles. The van der Waals surface area contributed by atoms with Crippen molar-refractivity contribution < 1.29 is 40.3 Å². The van der Waals surface area contributed by atoms with Crippen LogP contribution in [0.25, 0.3) is 0 Å². The van der Waals surface area contributed by atoms with Gasteiger partial charge >= 0.3 is 12.4 Å². The molecule has 0 saturated carbocycles. The summed E-state index contributed by atoms with van der Waals surface area (Å²) in [7, 11) is 0. The molecule has 0 aromatic heterocycles. The van der Waals surface area contributed by atoms with Gasteiger partial charge < -0.3 is 15.0 Å². The Bertz CT molecular complexity index is 968. The highest BCUT2D eigenvalue weighted by atomic mass is 19.4. The van der Waals surface area contributed by atoms with Crippen LogP contribution >= 0.6 is 0 Å². The summed E-state index contributed by atoms with van der Waals surface area (Å²) in [5.74, 6) is -1.13. The van der Waals surface area contributed by atoms with Gasteiger partial charge in [-0.15, -0.1) is 0 Å². The van der Waals surface area contributed by atoms with Crippen molar-refractivity contribution >= 4 is 11.6 Å². The number of carbonyl (C=O) groups is 1. The van der Waals surface area contributed by atoms with Gasteiger partial charge in [-0.25, -0.2) is 4.39 Å². The molecule has 1 N–H and O–H groups in total. The molecule has 2 aromatic rings. The van der Waals surface area contributed by atoms with Gasteiger partial charge in [0.2, 0.25) is 6.10 Å². The molecule has 4 nitrogen and oxygen atoms in total. The molecule has 0 radical (unpaired) electrons. The SMILES string of the molecule is CCN(CC)C(=O)[C@@H]1Oc2ccc(F)cc2[C@H]1Nc1cc(C(F)(F)F)cc(C(F)(F)F)c1. The van der Waals surface area contributed by atoms with E-state index in [2.05, 4.69) is 5.32 Å². The largest absolute Gasteiger partial charge is 0.478 e. The fourth-order valence-electron chi connectivity index (χ4n) is 3.52. The van der Waals surface area contributed by atoms with E-state index in [1.54, 1.807) is 13.8 Å².